The molecule has 0 radical (unpaired) electrons. The van der Waals surface area contributed by atoms with Crippen molar-refractivity contribution in [3.63, 3.8) is 0 Å². The molecule has 1 aliphatic heterocycles. The Bertz CT molecular complexity index is 1080. The standard InChI is InChI=1S/C20H23N5O3S/c1-3-5-14-12-17(26)25-19(22-14)29-20(23-25)24-11-4-6-16(24)18(27)21-13-7-9-15(28-2)10-8-13/h7-10,12,16H,3-6,11H2,1-2H3,(H,21,27)/t16-/m0/s1. The third-order valence-electron chi connectivity index (χ3n) is 4.95. The van der Waals surface area contributed by atoms with Crippen molar-refractivity contribution >= 4 is 33.0 Å². The van der Waals surface area contributed by atoms with Crippen LogP contribution in [-0.4, -0.2) is 40.2 Å². The summed E-state index contributed by atoms with van der Waals surface area (Å²) in [6.45, 7) is 2.77. The zero-order valence-corrected chi connectivity index (χ0v) is 17.2. The van der Waals surface area contributed by atoms with E-state index in [0.29, 0.717) is 15.8 Å². The first kappa shape index (κ1) is 19.4. The molecule has 9 heteroatoms. The minimum Gasteiger partial charge on any atom is -0.497 e. The van der Waals surface area contributed by atoms with Gasteiger partial charge in [-0.15, -0.1) is 5.10 Å². The zero-order valence-electron chi connectivity index (χ0n) is 16.4. The van der Waals surface area contributed by atoms with Gasteiger partial charge in [-0.05, 0) is 43.5 Å². The molecule has 0 saturated carbocycles. The third kappa shape index (κ3) is 3.95. The first-order valence-corrected chi connectivity index (χ1v) is 10.5. The molecule has 1 fully saturated rings. The van der Waals surface area contributed by atoms with E-state index in [2.05, 4.69) is 22.3 Å². The van der Waals surface area contributed by atoms with Gasteiger partial charge in [0.2, 0.25) is 16.0 Å². The fraction of sp³-hybridized carbons (Fsp3) is 0.400. The number of carbonyl (C=O) groups is 1. The number of nitrogens with one attached hydrogen (secondary N) is 1. The van der Waals surface area contributed by atoms with Gasteiger partial charge in [0, 0.05) is 24.0 Å². The molecular weight excluding hydrogens is 390 g/mol. The average Bonchev–Trinajstić information content (AvgIpc) is 3.36. The second kappa shape index (κ2) is 8.20. The Balaban J connectivity index is 1.56. The minimum atomic E-state index is -0.330. The molecule has 0 bridgehead atoms. The van der Waals surface area contributed by atoms with Crippen LogP contribution in [-0.2, 0) is 11.2 Å². The lowest BCUT2D eigenvalue weighted by Gasteiger charge is -2.22. The van der Waals surface area contributed by atoms with Crippen LogP contribution < -0.4 is 20.5 Å². The van der Waals surface area contributed by atoms with E-state index in [9.17, 15) is 9.59 Å². The molecule has 4 rings (SSSR count). The van der Waals surface area contributed by atoms with Gasteiger partial charge in [0.05, 0.1) is 7.11 Å². The summed E-state index contributed by atoms with van der Waals surface area (Å²) in [4.78, 5) is 32.3. The second-order valence-electron chi connectivity index (χ2n) is 6.98. The Morgan fingerprint density at radius 3 is 2.86 bits per heavy atom. The fourth-order valence-corrected chi connectivity index (χ4v) is 4.52. The van der Waals surface area contributed by atoms with Gasteiger partial charge in [-0.2, -0.15) is 4.52 Å². The molecule has 0 aliphatic carbocycles. The van der Waals surface area contributed by atoms with Crippen molar-refractivity contribution in [1.82, 2.24) is 14.6 Å². The minimum absolute atomic E-state index is 0.0844. The van der Waals surface area contributed by atoms with Gasteiger partial charge >= 0.3 is 0 Å². The van der Waals surface area contributed by atoms with Crippen molar-refractivity contribution in [2.24, 2.45) is 0 Å². The van der Waals surface area contributed by atoms with Crippen molar-refractivity contribution < 1.29 is 9.53 Å². The maximum atomic E-state index is 12.9. The summed E-state index contributed by atoms with van der Waals surface area (Å²) < 4.78 is 6.48. The molecule has 152 valence electrons. The van der Waals surface area contributed by atoms with E-state index in [1.54, 1.807) is 7.11 Å². The zero-order chi connectivity index (χ0) is 20.4. The highest BCUT2D eigenvalue weighted by Crippen LogP contribution is 2.30. The smallest absolute Gasteiger partial charge is 0.275 e. The molecule has 1 N–H and O–H groups in total. The molecule has 3 heterocycles. The van der Waals surface area contributed by atoms with Crippen LogP contribution in [0.4, 0.5) is 10.8 Å². The number of amides is 1. The topological polar surface area (TPSA) is 88.8 Å². The van der Waals surface area contributed by atoms with Gasteiger partial charge in [-0.25, -0.2) is 4.98 Å². The Kier molecular flexibility index (Phi) is 5.48. The third-order valence-corrected chi connectivity index (χ3v) is 5.90. The Morgan fingerprint density at radius 1 is 1.34 bits per heavy atom. The predicted molar refractivity (Wildman–Crippen MR) is 113 cm³/mol. The molecule has 3 aromatic rings. The molecule has 0 spiro atoms. The molecule has 2 aromatic heterocycles. The Morgan fingerprint density at radius 2 is 2.14 bits per heavy atom. The highest BCUT2D eigenvalue weighted by atomic mass is 32.1. The number of aromatic nitrogens is 3. The summed E-state index contributed by atoms with van der Waals surface area (Å²) in [5.41, 5.74) is 1.32. The van der Waals surface area contributed by atoms with Crippen LogP contribution in [0.1, 0.15) is 31.9 Å². The van der Waals surface area contributed by atoms with E-state index >= 15 is 0 Å². The number of benzene rings is 1. The monoisotopic (exact) mass is 413 g/mol. The number of fused-ring (bicyclic) bond motifs is 1. The number of methoxy groups -OCH3 is 1. The van der Waals surface area contributed by atoms with Gasteiger partial charge < -0.3 is 15.0 Å². The van der Waals surface area contributed by atoms with E-state index in [4.69, 9.17) is 4.74 Å². The first-order chi connectivity index (χ1) is 14.1. The summed E-state index contributed by atoms with van der Waals surface area (Å²) in [5, 5.41) is 8.06. The molecule has 8 nitrogen and oxygen atoms in total. The summed E-state index contributed by atoms with van der Waals surface area (Å²) in [6.07, 6.45) is 3.31. The molecule has 29 heavy (non-hydrogen) atoms. The summed E-state index contributed by atoms with van der Waals surface area (Å²) in [5.74, 6) is 0.652. The number of hydrogen-bond donors (Lipinski definition) is 1. The van der Waals surface area contributed by atoms with Gasteiger partial charge in [-0.1, -0.05) is 24.7 Å². The molecule has 1 atom stereocenters. The molecular formula is C20H23N5O3S. The lowest BCUT2D eigenvalue weighted by molar-refractivity contribution is -0.117. The maximum absolute atomic E-state index is 12.9. The van der Waals surface area contributed by atoms with E-state index < -0.39 is 0 Å². The van der Waals surface area contributed by atoms with Gasteiger partial charge in [0.15, 0.2) is 0 Å². The second-order valence-corrected chi connectivity index (χ2v) is 7.92. The maximum Gasteiger partial charge on any atom is 0.275 e. The van der Waals surface area contributed by atoms with Crippen molar-refractivity contribution in [3.8, 4) is 5.75 Å². The van der Waals surface area contributed by atoms with Crippen molar-refractivity contribution in [2.75, 3.05) is 23.9 Å². The summed E-state index contributed by atoms with van der Waals surface area (Å²) >= 11 is 1.35. The largest absolute Gasteiger partial charge is 0.497 e. The highest BCUT2D eigenvalue weighted by molar-refractivity contribution is 7.20. The molecule has 0 unspecified atom stereocenters. The van der Waals surface area contributed by atoms with Crippen LogP contribution in [0.2, 0.25) is 0 Å². The molecule has 1 amide bonds. The highest BCUT2D eigenvalue weighted by Gasteiger charge is 2.33. The number of hydrogen-bond acceptors (Lipinski definition) is 7. The Hall–Kier alpha value is -2.94. The van der Waals surface area contributed by atoms with Crippen LogP contribution in [0.5, 0.6) is 5.75 Å². The van der Waals surface area contributed by atoms with Crippen molar-refractivity contribution in [1.29, 1.82) is 0 Å². The van der Waals surface area contributed by atoms with Gasteiger partial charge in [-0.3, -0.25) is 9.59 Å². The van der Waals surface area contributed by atoms with Crippen molar-refractivity contribution in [2.45, 2.75) is 38.6 Å². The summed E-state index contributed by atoms with van der Waals surface area (Å²) in [6, 6.07) is 8.45. The van der Waals surface area contributed by atoms with Gasteiger partial charge in [0.1, 0.15) is 11.8 Å². The quantitative estimate of drug-likeness (QED) is 0.668. The van der Waals surface area contributed by atoms with Crippen LogP contribution in [0.3, 0.4) is 0 Å². The number of anilines is 2. The molecule has 1 aliphatic rings. The van der Waals surface area contributed by atoms with Gasteiger partial charge in [0.25, 0.3) is 5.56 Å². The fourth-order valence-electron chi connectivity index (χ4n) is 3.51. The van der Waals surface area contributed by atoms with E-state index in [1.165, 1.54) is 21.9 Å². The van der Waals surface area contributed by atoms with E-state index in [0.717, 1.165) is 43.7 Å². The first-order valence-electron chi connectivity index (χ1n) is 9.70. The normalized spacial score (nSPS) is 16.3. The number of ether oxygens (including phenoxy) is 1. The van der Waals surface area contributed by atoms with E-state index in [-0.39, 0.29) is 17.5 Å². The van der Waals surface area contributed by atoms with Crippen LogP contribution in [0.15, 0.2) is 35.1 Å². The van der Waals surface area contributed by atoms with Crippen LogP contribution in [0, 0.1) is 0 Å². The molecule has 1 saturated heterocycles. The Labute approximate surface area is 172 Å². The van der Waals surface area contributed by atoms with Crippen molar-refractivity contribution in [3.05, 3.63) is 46.4 Å². The number of carbonyl (C=O) groups excluding carboxylic acids is 1. The SMILES string of the molecule is CCCc1cc(=O)n2nc(N3CCC[C@H]3C(=O)Nc3ccc(OC)cc3)sc2n1. The van der Waals surface area contributed by atoms with Crippen LogP contribution in [0.25, 0.3) is 4.96 Å². The average molecular weight is 414 g/mol. The molecule has 1 aromatic carbocycles. The number of rotatable bonds is 6. The number of aryl methyl sites for hydroxylation is 1. The van der Waals surface area contributed by atoms with Crippen LogP contribution >= 0.6 is 11.3 Å². The lowest BCUT2D eigenvalue weighted by Crippen LogP contribution is -2.39. The lowest BCUT2D eigenvalue weighted by atomic mass is 10.2. The predicted octanol–water partition coefficient (Wildman–Crippen LogP) is 2.72. The summed E-state index contributed by atoms with van der Waals surface area (Å²) in [7, 11) is 1.60. The van der Waals surface area contributed by atoms with E-state index in [1.807, 2.05) is 29.2 Å². The number of nitrogens with zero attached hydrogens (tertiary/aromatic N) is 4.